The van der Waals surface area contributed by atoms with Crippen molar-refractivity contribution >= 4 is 82.6 Å². The Morgan fingerprint density at radius 3 is 1.89 bits per heavy atom. The molecule has 1 aromatic heterocycles. The zero-order chi connectivity index (χ0) is 46.4. The summed E-state index contributed by atoms with van der Waals surface area (Å²) in [6, 6.07) is 28.7. The highest BCUT2D eigenvalue weighted by Crippen LogP contribution is 2.46. The van der Waals surface area contributed by atoms with Crippen LogP contribution in [0.1, 0.15) is 104 Å². The minimum Gasteiger partial charge on any atom is -0.375 e. The summed E-state index contributed by atoms with van der Waals surface area (Å²) < 4.78 is 79.4. The van der Waals surface area contributed by atoms with Crippen molar-refractivity contribution < 1.29 is 30.3 Å². The maximum atomic E-state index is 14.4. The van der Waals surface area contributed by atoms with Crippen LogP contribution in [0, 0.1) is 0 Å². The van der Waals surface area contributed by atoms with Gasteiger partial charge in [0.15, 0.2) is 11.8 Å². The highest BCUT2D eigenvalue weighted by atomic mass is 32.2. The summed E-state index contributed by atoms with van der Waals surface area (Å²) in [4.78, 5) is 4.67. The highest BCUT2D eigenvalue weighted by Gasteiger charge is 2.50. The number of aromatic nitrogens is 1. The molecule has 0 spiro atoms. The molecule has 65 heavy (non-hydrogen) atoms. The molecule has 11 heteroatoms. The molecule has 340 valence electrons. The topological polar surface area (TPSA) is 57.8 Å². The van der Waals surface area contributed by atoms with Crippen LogP contribution in [0.25, 0.3) is 49.7 Å². The van der Waals surface area contributed by atoms with Gasteiger partial charge in [-0.3, -0.25) is 0 Å². The number of allylic oxidation sites excluding steroid dienone is 5. The third kappa shape index (κ3) is 7.83. The van der Waals surface area contributed by atoms with Crippen molar-refractivity contribution in [2.24, 2.45) is 0 Å². The first-order valence-electron chi connectivity index (χ1n) is 23.3. The third-order valence-corrected chi connectivity index (χ3v) is 14.3. The van der Waals surface area contributed by atoms with Gasteiger partial charge in [0.05, 0.1) is 16.5 Å². The molecular formula is C54H60F3N4O3S+. The smallest absolute Gasteiger partial charge is 0.375 e. The molecule has 2 heterocycles. The molecule has 0 fully saturated rings. The van der Waals surface area contributed by atoms with Gasteiger partial charge < -0.3 is 18.6 Å². The van der Waals surface area contributed by atoms with E-state index in [1.807, 2.05) is 36.4 Å². The number of rotatable bonds is 17. The molecule has 7 nitrogen and oxygen atoms in total. The van der Waals surface area contributed by atoms with Crippen molar-refractivity contribution in [2.75, 3.05) is 36.0 Å². The molecule has 8 rings (SSSR count). The van der Waals surface area contributed by atoms with Crippen molar-refractivity contribution in [1.82, 2.24) is 4.57 Å². The van der Waals surface area contributed by atoms with E-state index in [9.17, 15) is 21.6 Å². The van der Waals surface area contributed by atoms with Crippen molar-refractivity contribution in [3.05, 3.63) is 131 Å². The Hall–Kier alpha value is -5.81. The second kappa shape index (κ2) is 18.2. The van der Waals surface area contributed by atoms with Gasteiger partial charge >= 0.3 is 15.6 Å². The van der Waals surface area contributed by atoms with Crippen LogP contribution >= 0.6 is 0 Å². The molecule has 0 saturated heterocycles. The van der Waals surface area contributed by atoms with Gasteiger partial charge in [-0.15, -0.1) is 0 Å². The van der Waals surface area contributed by atoms with Crippen LogP contribution in [0.5, 0.6) is 0 Å². The molecule has 2 atom stereocenters. The van der Waals surface area contributed by atoms with Crippen LogP contribution in [-0.2, 0) is 14.3 Å². The van der Waals surface area contributed by atoms with E-state index in [0.29, 0.717) is 11.1 Å². The maximum absolute atomic E-state index is 14.4. The number of anilines is 2. The van der Waals surface area contributed by atoms with Gasteiger partial charge in [0.25, 0.3) is 0 Å². The summed E-state index contributed by atoms with van der Waals surface area (Å²) in [5.74, 6) is -0.367. The van der Waals surface area contributed by atoms with Crippen LogP contribution in [0.3, 0.4) is 0 Å². The van der Waals surface area contributed by atoms with E-state index in [-0.39, 0.29) is 29.0 Å². The van der Waals surface area contributed by atoms with E-state index in [1.54, 1.807) is 12.2 Å². The zero-order valence-corrected chi connectivity index (χ0v) is 39.6. The molecule has 6 aromatic rings. The predicted octanol–water partition coefficient (Wildman–Crippen LogP) is 13.1. The fraction of sp³-hybridized carbons (Fsp3) is 0.352. The van der Waals surface area contributed by atoms with Crippen LogP contribution in [0.2, 0.25) is 0 Å². The normalized spacial score (nSPS) is 16.0. The fourth-order valence-corrected chi connectivity index (χ4v) is 10.9. The van der Waals surface area contributed by atoms with Gasteiger partial charge in [-0.1, -0.05) is 74.9 Å². The molecular weight excluding hydrogens is 842 g/mol. The largest absolute Gasteiger partial charge is 0.534 e. The predicted molar refractivity (Wildman–Crippen MR) is 265 cm³/mol. The summed E-state index contributed by atoms with van der Waals surface area (Å²) in [5.41, 5.74) is 2.28. The molecule has 0 radical (unpaired) electrons. The van der Waals surface area contributed by atoms with Crippen LogP contribution < -0.4 is 15.1 Å². The summed E-state index contributed by atoms with van der Waals surface area (Å²) in [6.45, 7) is 20.7. The number of hydrogen-bond donors (Lipinski definition) is 0. The van der Waals surface area contributed by atoms with Gasteiger partial charge in [0, 0.05) is 100 Å². The average Bonchev–Trinajstić information content (AvgIpc) is 3.89. The van der Waals surface area contributed by atoms with Crippen LogP contribution in [0.15, 0.2) is 109 Å². The first-order valence-corrected chi connectivity index (χ1v) is 24.7. The number of nitrogens with zero attached hydrogens (tertiary/aromatic N) is 4. The molecule has 2 unspecified atom stereocenters. The number of halogens is 3. The lowest BCUT2D eigenvalue weighted by atomic mass is 9.99. The molecule has 1 aliphatic heterocycles. The second-order valence-corrected chi connectivity index (χ2v) is 18.7. The van der Waals surface area contributed by atoms with Gasteiger partial charge in [-0.25, -0.2) is 0 Å². The molecule has 0 bridgehead atoms. The standard InChI is InChI=1S/C54H60F3N4O3S/c1-9-19-35(7)60-47(43-25-17-23-41-45(58(11-3)12-4)31-33-49(60)51(41)43)29-27-39-37-21-15-16-22-38(37)40(53(39)64-65(62,63)54(55,56)57)28-30-48-44-26-18-24-42-46(59(13-5)14-6)32-34-50(52(42)44)61(48)36(8)20-10-2/h15-18,21-36H,9-14,19-20H2,1-8H3/q+1. The number of benzene rings is 5. The Labute approximate surface area is 381 Å². The lowest BCUT2D eigenvalue weighted by molar-refractivity contribution is -0.476. The van der Waals surface area contributed by atoms with Gasteiger partial charge in [-0.2, -0.15) is 26.2 Å². The first kappa shape index (κ1) is 45.7. The van der Waals surface area contributed by atoms with Crippen molar-refractivity contribution in [3.63, 3.8) is 0 Å². The Kier molecular flexibility index (Phi) is 12.8. The van der Waals surface area contributed by atoms with Gasteiger partial charge in [-0.05, 0) is 108 Å². The Balaban J connectivity index is 1.39. The molecule has 0 amide bonds. The lowest BCUT2D eigenvalue weighted by Crippen LogP contribution is -2.25. The first-order chi connectivity index (χ1) is 31.2. The van der Waals surface area contributed by atoms with Crippen molar-refractivity contribution in [1.29, 1.82) is 0 Å². The third-order valence-electron chi connectivity index (χ3n) is 13.4. The summed E-state index contributed by atoms with van der Waals surface area (Å²) in [7, 11) is -6.08. The molecule has 0 N–H and O–H groups in total. The second-order valence-electron chi connectivity index (χ2n) is 17.1. The Bertz CT molecular complexity index is 3100. The number of alkyl halides is 3. The zero-order valence-electron chi connectivity index (χ0n) is 38.8. The van der Waals surface area contributed by atoms with E-state index in [2.05, 4.69) is 135 Å². The van der Waals surface area contributed by atoms with Crippen molar-refractivity contribution in [3.8, 4) is 0 Å². The Morgan fingerprint density at radius 1 is 0.677 bits per heavy atom. The van der Waals surface area contributed by atoms with Gasteiger partial charge in [0.1, 0.15) is 0 Å². The van der Waals surface area contributed by atoms with E-state index in [1.165, 1.54) is 0 Å². The molecule has 5 aromatic carbocycles. The van der Waals surface area contributed by atoms with E-state index < -0.39 is 15.6 Å². The summed E-state index contributed by atoms with van der Waals surface area (Å²) >= 11 is 0. The van der Waals surface area contributed by atoms with Gasteiger partial charge in [0.2, 0.25) is 11.4 Å². The molecule has 2 aliphatic rings. The van der Waals surface area contributed by atoms with E-state index in [0.717, 1.165) is 118 Å². The lowest BCUT2D eigenvalue weighted by Gasteiger charge is -2.23. The molecule has 0 saturated carbocycles. The fourth-order valence-electron chi connectivity index (χ4n) is 10.4. The monoisotopic (exact) mass is 901 g/mol. The van der Waals surface area contributed by atoms with E-state index >= 15 is 0 Å². The number of hydrogen-bond acceptors (Lipinski definition) is 5. The highest BCUT2D eigenvalue weighted by molar-refractivity contribution is 7.87. The van der Waals surface area contributed by atoms with Crippen LogP contribution in [-0.4, -0.2) is 61.0 Å². The maximum Gasteiger partial charge on any atom is 0.534 e. The quantitative estimate of drug-likeness (QED) is 0.0518. The van der Waals surface area contributed by atoms with Crippen molar-refractivity contribution in [2.45, 2.75) is 98.7 Å². The summed E-state index contributed by atoms with van der Waals surface area (Å²) in [5, 5.41) is 6.36. The Morgan fingerprint density at radius 2 is 1.26 bits per heavy atom. The van der Waals surface area contributed by atoms with Crippen LogP contribution in [0.4, 0.5) is 30.2 Å². The summed E-state index contributed by atoms with van der Waals surface area (Å²) in [6.07, 6.45) is 11.0. The average molecular weight is 902 g/mol. The minimum absolute atomic E-state index is 0.0870. The minimum atomic E-state index is -6.08. The molecule has 1 aliphatic carbocycles. The number of fused-ring (bicyclic) bond motifs is 1. The van der Waals surface area contributed by atoms with E-state index in [4.69, 9.17) is 4.18 Å². The SMILES string of the molecule is CCCC(C)n1/c(=C/C=C2C(OS(=O)(=O)C(F)(F)F)=C(/C=C/C3=[N+](C(C)CCC)c4ccc(N(CC)CC)c5cccc3c45)c3ccccc3/2)c2cccc3c(N(CC)CC)ccc1c32.